The zero-order chi connectivity index (χ0) is 14.7. The lowest BCUT2D eigenvalue weighted by molar-refractivity contribution is -0.115. The molecule has 0 saturated heterocycles. The first kappa shape index (κ1) is 14.5. The van der Waals surface area contributed by atoms with Gasteiger partial charge in [-0.2, -0.15) is 5.10 Å². The Hall–Kier alpha value is -1.89. The zero-order valence-corrected chi connectivity index (χ0v) is 12.7. The average Bonchev–Trinajstić information content (AvgIpc) is 2.66. The number of rotatable bonds is 4. The summed E-state index contributed by atoms with van der Waals surface area (Å²) in [7, 11) is 1.86. The van der Waals surface area contributed by atoms with Gasteiger partial charge in [-0.25, -0.2) is 9.97 Å². The van der Waals surface area contributed by atoms with Crippen molar-refractivity contribution in [1.29, 1.82) is 0 Å². The molecule has 1 amide bonds. The molecule has 0 fully saturated rings. The van der Waals surface area contributed by atoms with Gasteiger partial charge >= 0.3 is 0 Å². The number of anilines is 1. The Balaban J connectivity index is 2.04. The quantitative estimate of drug-likeness (QED) is 0.688. The molecule has 1 atom stereocenters. The second-order valence-electron chi connectivity index (χ2n) is 4.45. The Labute approximate surface area is 122 Å². The maximum Gasteiger partial charge on any atom is 0.237 e. The number of thioether (sulfide) groups is 1. The molecule has 2 aromatic rings. The fourth-order valence-electron chi connectivity index (χ4n) is 1.74. The molecule has 2 aromatic heterocycles. The summed E-state index contributed by atoms with van der Waals surface area (Å²) in [5, 5.41) is 7.51. The van der Waals surface area contributed by atoms with E-state index in [-0.39, 0.29) is 11.2 Å². The van der Waals surface area contributed by atoms with Crippen LogP contribution in [0.1, 0.15) is 18.3 Å². The number of aromatic nitrogens is 4. The van der Waals surface area contributed by atoms with Crippen molar-refractivity contribution in [3.63, 3.8) is 0 Å². The van der Waals surface area contributed by atoms with Crippen LogP contribution in [0, 0.1) is 13.8 Å². The van der Waals surface area contributed by atoms with Gasteiger partial charge in [0.2, 0.25) is 5.91 Å². The van der Waals surface area contributed by atoms with Gasteiger partial charge in [-0.15, -0.1) is 0 Å². The number of carbonyl (C=O) groups is 1. The smallest absolute Gasteiger partial charge is 0.237 e. The summed E-state index contributed by atoms with van der Waals surface area (Å²) in [5.41, 5.74) is 2.52. The van der Waals surface area contributed by atoms with Crippen LogP contribution in [-0.4, -0.2) is 30.9 Å². The van der Waals surface area contributed by atoms with Crippen molar-refractivity contribution in [3.05, 3.63) is 29.8 Å². The molecule has 0 aliphatic heterocycles. The summed E-state index contributed by atoms with van der Waals surface area (Å²) >= 11 is 1.33. The Morgan fingerprint density at radius 1 is 1.35 bits per heavy atom. The van der Waals surface area contributed by atoms with Crippen molar-refractivity contribution in [2.75, 3.05) is 5.32 Å². The van der Waals surface area contributed by atoms with Crippen LogP contribution in [0.5, 0.6) is 0 Å². The summed E-state index contributed by atoms with van der Waals surface area (Å²) < 4.78 is 1.75. The van der Waals surface area contributed by atoms with Crippen molar-refractivity contribution in [2.45, 2.75) is 31.2 Å². The lowest BCUT2D eigenvalue weighted by Crippen LogP contribution is -2.23. The van der Waals surface area contributed by atoms with Crippen molar-refractivity contribution >= 4 is 23.4 Å². The van der Waals surface area contributed by atoms with Gasteiger partial charge in [-0.1, -0.05) is 11.8 Å². The molecule has 2 heterocycles. The number of hydrogen-bond donors (Lipinski definition) is 1. The summed E-state index contributed by atoms with van der Waals surface area (Å²) in [6.45, 7) is 5.63. The van der Waals surface area contributed by atoms with Crippen LogP contribution >= 0.6 is 11.8 Å². The Morgan fingerprint density at radius 2 is 2.00 bits per heavy atom. The monoisotopic (exact) mass is 291 g/mol. The van der Waals surface area contributed by atoms with E-state index in [1.54, 1.807) is 23.1 Å². The molecular weight excluding hydrogens is 274 g/mol. The van der Waals surface area contributed by atoms with E-state index in [1.807, 2.05) is 27.8 Å². The highest BCUT2D eigenvalue weighted by Crippen LogP contribution is 2.22. The van der Waals surface area contributed by atoms with Crippen LogP contribution in [0.2, 0.25) is 0 Å². The first-order valence-electron chi connectivity index (χ1n) is 6.23. The number of nitrogens with zero attached hydrogens (tertiary/aromatic N) is 4. The molecule has 20 heavy (non-hydrogen) atoms. The van der Waals surface area contributed by atoms with Gasteiger partial charge < -0.3 is 5.32 Å². The van der Waals surface area contributed by atoms with Gasteiger partial charge in [0.05, 0.1) is 22.3 Å². The summed E-state index contributed by atoms with van der Waals surface area (Å²) in [5.74, 6) is -0.0818. The maximum atomic E-state index is 12.2. The minimum Gasteiger partial charge on any atom is -0.322 e. The number of hydrogen-bond acceptors (Lipinski definition) is 5. The highest BCUT2D eigenvalue weighted by atomic mass is 32.2. The molecule has 0 aliphatic carbocycles. The topological polar surface area (TPSA) is 72.7 Å². The third kappa shape index (κ3) is 3.16. The predicted octanol–water partition coefficient (Wildman–Crippen LogP) is 1.95. The molecule has 0 unspecified atom stereocenters. The molecule has 7 heteroatoms. The highest BCUT2D eigenvalue weighted by Gasteiger charge is 2.19. The van der Waals surface area contributed by atoms with E-state index in [9.17, 15) is 4.79 Å². The molecule has 1 N–H and O–H groups in total. The summed E-state index contributed by atoms with van der Waals surface area (Å²) in [4.78, 5) is 20.4. The highest BCUT2D eigenvalue weighted by molar-refractivity contribution is 8.00. The average molecular weight is 291 g/mol. The predicted molar refractivity (Wildman–Crippen MR) is 78.7 cm³/mol. The molecule has 0 spiro atoms. The number of carbonyl (C=O) groups excluding carboxylic acids is 1. The van der Waals surface area contributed by atoms with E-state index in [4.69, 9.17) is 0 Å². The molecule has 2 rings (SSSR count). The van der Waals surface area contributed by atoms with Crippen LogP contribution in [-0.2, 0) is 11.8 Å². The fraction of sp³-hybridized carbons (Fsp3) is 0.385. The van der Waals surface area contributed by atoms with Gasteiger partial charge in [0.25, 0.3) is 0 Å². The lowest BCUT2D eigenvalue weighted by atomic mass is 10.3. The van der Waals surface area contributed by atoms with E-state index in [2.05, 4.69) is 20.4 Å². The second kappa shape index (κ2) is 6.04. The molecule has 0 aromatic carbocycles. The van der Waals surface area contributed by atoms with Crippen molar-refractivity contribution in [1.82, 2.24) is 19.7 Å². The number of amides is 1. The second-order valence-corrected chi connectivity index (χ2v) is 5.76. The van der Waals surface area contributed by atoms with Crippen LogP contribution in [0.15, 0.2) is 23.6 Å². The largest absolute Gasteiger partial charge is 0.322 e. The lowest BCUT2D eigenvalue weighted by Gasteiger charge is -2.11. The maximum absolute atomic E-state index is 12.2. The van der Waals surface area contributed by atoms with E-state index >= 15 is 0 Å². The van der Waals surface area contributed by atoms with E-state index < -0.39 is 0 Å². The van der Waals surface area contributed by atoms with Crippen LogP contribution in [0.25, 0.3) is 0 Å². The minimum absolute atomic E-state index is 0.0818. The van der Waals surface area contributed by atoms with Gasteiger partial charge in [0.15, 0.2) is 5.16 Å². The zero-order valence-electron chi connectivity index (χ0n) is 11.9. The molecule has 0 bridgehead atoms. The standard InChI is InChI=1S/C13H17N5OS/c1-8-11(9(2)18(4)17-8)16-12(19)10(3)20-13-14-6-5-7-15-13/h5-7,10H,1-4H3,(H,16,19)/t10-/m1/s1. The van der Waals surface area contributed by atoms with E-state index in [0.29, 0.717) is 5.16 Å². The SMILES string of the molecule is Cc1nn(C)c(C)c1NC(=O)[C@@H](C)Sc1ncccn1. The van der Waals surface area contributed by atoms with Gasteiger partial charge in [-0.05, 0) is 26.8 Å². The fourth-order valence-corrected chi connectivity index (χ4v) is 2.46. The summed E-state index contributed by atoms with van der Waals surface area (Å²) in [6, 6.07) is 1.75. The minimum atomic E-state index is -0.281. The van der Waals surface area contributed by atoms with E-state index in [1.165, 1.54) is 11.8 Å². The normalized spacial score (nSPS) is 12.2. The third-order valence-corrected chi connectivity index (χ3v) is 3.94. The molecule has 6 nitrogen and oxygen atoms in total. The third-order valence-electron chi connectivity index (χ3n) is 2.95. The van der Waals surface area contributed by atoms with Crippen molar-refractivity contribution < 1.29 is 4.79 Å². The van der Waals surface area contributed by atoms with Crippen LogP contribution in [0.4, 0.5) is 5.69 Å². The molecule has 0 aliphatic rings. The van der Waals surface area contributed by atoms with Gasteiger partial charge in [0, 0.05) is 19.4 Å². The van der Waals surface area contributed by atoms with Crippen LogP contribution < -0.4 is 5.32 Å². The van der Waals surface area contributed by atoms with Crippen LogP contribution in [0.3, 0.4) is 0 Å². The molecular formula is C13H17N5OS. The Kier molecular flexibility index (Phi) is 4.39. The van der Waals surface area contributed by atoms with Crippen molar-refractivity contribution in [3.8, 4) is 0 Å². The van der Waals surface area contributed by atoms with E-state index in [0.717, 1.165) is 17.1 Å². The first-order chi connectivity index (χ1) is 9.49. The molecule has 0 saturated carbocycles. The summed E-state index contributed by atoms with van der Waals surface area (Å²) in [6.07, 6.45) is 3.32. The number of nitrogens with one attached hydrogen (secondary N) is 1. The van der Waals surface area contributed by atoms with Gasteiger partial charge in [0.1, 0.15) is 0 Å². The number of aryl methyl sites for hydroxylation is 2. The van der Waals surface area contributed by atoms with Crippen molar-refractivity contribution in [2.24, 2.45) is 7.05 Å². The molecule has 0 radical (unpaired) electrons. The Morgan fingerprint density at radius 3 is 2.55 bits per heavy atom. The Bertz CT molecular complexity index is 611. The van der Waals surface area contributed by atoms with Gasteiger partial charge in [-0.3, -0.25) is 9.48 Å². The molecule has 106 valence electrons. The first-order valence-corrected chi connectivity index (χ1v) is 7.11.